The van der Waals surface area contributed by atoms with E-state index in [0.717, 1.165) is 6.42 Å². The number of ketones is 1. The molecule has 3 aliphatic carbocycles. The number of carbonyl (C=O) groups is 1. The van der Waals surface area contributed by atoms with Gasteiger partial charge < -0.3 is 9.47 Å². The second-order valence-corrected chi connectivity index (χ2v) is 5.19. The highest BCUT2D eigenvalue weighted by molar-refractivity contribution is 5.88. The van der Waals surface area contributed by atoms with Crippen LogP contribution in [0.15, 0.2) is 36.5 Å². The topological polar surface area (TPSA) is 35.5 Å². The van der Waals surface area contributed by atoms with Gasteiger partial charge in [0.25, 0.3) is 0 Å². The summed E-state index contributed by atoms with van der Waals surface area (Å²) in [7, 11) is 3.33. The Morgan fingerprint density at radius 1 is 1.11 bits per heavy atom. The number of hydrogen-bond donors (Lipinski definition) is 0. The largest absolute Gasteiger partial charge is 0.352 e. The third-order valence-electron chi connectivity index (χ3n) is 4.55. The van der Waals surface area contributed by atoms with E-state index in [1.54, 1.807) is 14.2 Å². The van der Waals surface area contributed by atoms with E-state index in [-0.39, 0.29) is 29.5 Å². The summed E-state index contributed by atoms with van der Waals surface area (Å²) in [6.07, 6.45) is 12.8. The molecular formula is C15H18O3. The van der Waals surface area contributed by atoms with Crippen LogP contribution in [0.2, 0.25) is 0 Å². The summed E-state index contributed by atoms with van der Waals surface area (Å²) in [5, 5.41) is 0. The minimum atomic E-state index is -0.619. The van der Waals surface area contributed by atoms with Crippen LogP contribution < -0.4 is 0 Å². The molecule has 0 aromatic rings. The molecule has 0 amide bonds. The third kappa shape index (κ3) is 1.41. The normalized spacial score (nSPS) is 35.8. The number of methoxy groups -OCH3 is 2. The molecule has 0 spiro atoms. The van der Waals surface area contributed by atoms with Gasteiger partial charge in [-0.25, -0.2) is 0 Å². The molecule has 0 aromatic heterocycles. The van der Waals surface area contributed by atoms with E-state index in [2.05, 4.69) is 12.2 Å². The first-order valence-corrected chi connectivity index (χ1v) is 6.40. The molecule has 3 aliphatic rings. The van der Waals surface area contributed by atoms with Crippen LogP contribution in [0, 0.1) is 23.7 Å². The molecule has 96 valence electrons. The Kier molecular flexibility index (Phi) is 2.76. The molecule has 1 fully saturated rings. The molecule has 0 N–H and O–H groups in total. The summed E-state index contributed by atoms with van der Waals surface area (Å²) in [5.74, 6) is -0.137. The van der Waals surface area contributed by atoms with Crippen LogP contribution in [0.25, 0.3) is 0 Å². The number of Topliss-reactive ketones (excluding diaryl/α,β-unsaturated/α-hetero) is 1. The second-order valence-electron chi connectivity index (χ2n) is 5.19. The fourth-order valence-corrected chi connectivity index (χ4v) is 3.67. The van der Waals surface area contributed by atoms with Crippen molar-refractivity contribution in [1.29, 1.82) is 0 Å². The van der Waals surface area contributed by atoms with Crippen LogP contribution in [-0.4, -0.2) is 25.8 Å². The average molecular weight is 246 g/mol. The molecule has 2 bridgehead atoms. The highest BCUT2D eigenvalue weighted by Gasteiger charge is 2.59. The van der Waals surface area contributed by atoms with E-state index in [9.17, 15) is 4.79 Å². The standard InChI is InChI=1S/C15H18O3/c1-17-15(18-2)11-7-8-13(15)12(9-11)14(16)10-5-3-4-6-10/h3-8,10-13H,9H2,1-2H3. The zero-order valence-corrected chi connectivity index (χ0v) is 10.7. The first-order valence-electron chi connectivity index (χ1n) is 6.40. The smallest absolute Gasteiger partial charge is 0.180 e. The third-order valence-corrected chi connectivity index (χ3v) is 4.55. The molecule has 3 nitrogen and oxygen atoms in total. The highest BCUT2D eigenvalue weighted by atomic mass is 16.7. The predicted octanol–water partition coefficient (Wildman–Crippen LogP) is 2.11. The molecule has 3 heteroatoms. The van der Waals surface area contributed by atoms with Gasteiger partial charge in [-0.2, -0.15) is 0 Å². The number of allylic oxidation sites excluding steroid dienone is 4. The highest BCUT2D eigenvalue weighted by Crippen LogP contribution is 2.54. The SMILES string of the molecule is COC1(OC)C2C=CC1C(C(=O)C1C=CC=C1)C2. The Bertz CT molecular complexity index is 431. The van der Waals surface area contributed by atoms with E-state index < -0.39 is 5.79 Å². The van der Waals surface area contributed by atoms with Crippen LogP contribution in [-0.2, 0) is 14.3 Å². The van der Waals surface area contributed by atoms with Gasteiger partial charge in [-0.3, -0.25) is 4.79 Å². The summed E-state index contributed by atoms with van der Waals surface area (Å²) in [6, 6.07) is 0. The molecule has 18 heavy (non-hydrogen) atoms. The maximum absolute atomic E-state index is 12.5. The minimum Gasteiger partial charge on any atom is -0.352 e. The molecule has 0 heterocycles. The van der Waals surface area contributed by atoms with E-state index >= 15 is 0 Å². The van der Waals surface area contributed by atoms with Crippen LogP contribution in [0.3, 0.4) is 0 Å². The molecule has 0 aliphatic heterocycles. The van der Waals surface area contributed by atoms with Crippen molar-refractivity contribution in [3.63, 3.8) is 0 Å². The Morgan fingerprint density at radius 2 is 1.78 bits per heavy atom. The lowest BCUT2D eigenvalue weighted by Gasteiger charge is -2.32. The summed E-state index contributed by atoms with van der Waals surface area (Å²) >= 11 is 0. The summed E-state index contributed by atoms with van der Waals surface area (Å²) in [5.41, 5.74) is 0. The lowest BCUT2D eigenvalue weighted by atomic mass is 9.83. The van der Waals surface area contributed by atoms with Crippen molar-refractivity contribution in [3.05, 3.63) is 36.5 Å². The van der Waals surface area contributed by atoms with Crippen LogP contribution in [0.1, 0.15) is 6.42 Å². The van der Waals surface area contributed by atoms with Crippen molar-refractivity contribution >= 4 is 5.78 Å². The molecule has 3 atom stereocenters. The fraction of sp³-hybridized carbons (Fsp3) is 0.533. The Labute approximate surface area is 107 Å². The van der Waals surface area contributed by atoms with Crippen LogP contribution >= 0.6 is 0 Å². The van der Waals surface area contributed by atoms with Gasteiger partial charge in [0.1, 0.15) is 5.78 Å². The van der Waals surface area contributed by atoms with Crippen molar-refractivity contribution in [2.75, 3.05) is 14.2 Å². The van der Waals surface area contributed by atoms with Gasteiger partial charge in [0.05, 0.1) is 5.92 Å². The summed E-state index contributed by atoms with van der Waals surface area (Å²) in [4.78, 5) is 12.5. The number of ether oxygens (including phenoxy) is 2. The van der Waals surface area contributed by atoms with Gasteiger partial charge in [-0.1, -0.05) is 36.5 Å². The Balaban J connectivity index is 1.85. The molecule has 0 saturated heterocycles. The second kappa shape index (κ2) is 4.18. The van der Waals surface area contributed by atoms with Crippen LogP contribution in [0.5, 0.6) is 0 Å². The molecule has 0 radical (unpaired) electrons. The monoisotopic (exact) mass is 246 g/mol. The van der Waals surface area contributed by atoms with Crippen molar-refractivity contribution in [2.45, 2.75) is 12.2 Å². The molecule has 3 rings (SSSR count). The van der Waals surface area contributed by atoms with Crippen molar-refractivity contribution in [1.82, 2.24) is 0 Å². The number of carbonyl (C=O) groups excluding carboxylic acids is 1. The van der Waals surface area contributed by atoms with E-state index in [1.165, 1.54) is 0 Å². The number of fused-ring (bicyclic) bond motifs is 2. The first-order chi connectivity index (χ1) is 8.73. The Morgan fingerprint density at radius 3 is 2.33 bits per heavy atom. The summed E-state index contributed by atoms with van der Waals surface area (Å²) in [6.45, 7) is 0. The Hall–Kier alpha value is -1.19. The van der Waals surface area contributed by atoms with Gasteiger partial charge in [-0.15, -0.1) is 0 Å². The molecular weight excluding hydrogens is 228 g/mol. The van der Waals surface area contributed by atoms with Crippen molar-refractivity contribution in [3.8, 4) is 0 Å². The van der Waals surface area contributed by atoms with Crippen molar-refractivity contribution < 1.29 is 14.3 Å². The van der Waals surface area contributed by atoms with E-state index in [1.807, 2.05) is 24.3 Å². The van der Waals surface area contributed by atoms with E-state index in [4.69, 9.17) is 9.47 Å². The van der Waals surface area contributed by atoms with E-state index in [0.29, 0.717) is 0 Å². The molecule has 0 aromatic carbocycles. The summed E-state index contributed by atoms with van der Waals surface area (Å²) < 4.78 is 11.2. The van der Waals surface area contributed by atoms with Gasteiger partial charge in [0.2, 0.25) is 0 Å². The maximum atomic E-state index is 12.5. The van der Waals surface area contributed by atoms with Gasteiger partial charge >= 0.3 is 0 Å². The average Bonchev–Trinajstić information content (AvgIpc) is 3.11. The zero-order valence-electron chi connectivity index (χ0n) is 10.7. The fourth-order valence-electron chi connectivity index (χ4n) is 3.67. The maximum Gasteiger partial charge on any atom is 0.180 e. The van der Waals surface area contributed by atoms with Gasteiger partial charge in [-0.05, 0) is 6.42 Å². The molecule has 1 saturated carbocycles. The lowest BCUT2D eigenvalue weighted by molar-refractivity contribution is -0.232. The lowest BCUT2D eigenvalue weighted by Crippen LogP contribution is -2.41. The van der Waals surface area contributed by atoms with Crippen LogP contribution in [0.4, 0.5) is 0 Å². The number of rotatable bonds is 4. The van der Waals surface area contributed by atoms with Gasteiger partial charge in [0, 0.05) is 32.0 Å². The number of hydrogen-bond acceptors (Lipinski definition) is 3. The minimum absolute atomic E-state index is 0.0114. The zero-order chi connectivity index (χ0) is 12.8. The van der Waals surface area contributed by atoms with Gasteiger partial charge in [0.15, 0.2) is 5.79 Å². The van der Waals surface area contributed by atoms with Crippen molar-refractivity contribution in [2.24, 2.45) is 23.7 Å². The quantitative estimate of drug-likeness (QED) is 0.563. The first kappa shape index (κ1) is 11.9. The molecule has 3 unspecified atom stereocenters. The predicted molar refractivity (Wildman–Crippen MR) is 67.8 cm³/mol.